The molecule has 21 heavy (non-hydrogen) atoms. The SMILES string of the molecule is CCS(=O)(=O)N(OC(=O)C(F)(F)F)C1CCC(CN)CC1. The Kier molecular flexibility index (Phi) is 6.00. The van der Waals surface area contributed by atoms with E-state index in [4.69, 9.17) is 5.73 Å². The molecule has 0 aromatic carbocycles. The topological polar surface area (TPSA) is 89.7 Å². The second-order valence-electron chi connectivity index (χ2n) is 4.94. The van der Waals surface area contributed by atoms with Crippen LogP contribution in [0.15, 0.2) is 0 Å². The van der Waals surface area contributed by atoms with E-state index in [0.29, 0.717) is 32.2 Å². The average Bonchev–Trinajstić information content (AvgIpc) is 2.43. The van der Waals surface area contributed by atoms with Crippen LogP contribution in [0.1, 0.15) is 32.6 Å². The Balaban J connectivity index is 2.87. The fourth-order valence-electron chi connectivity index (χ4n) is 2.21. The number of hydrogen-bond donors (Lipinski definition) is 1. The number of rotatable bonds is 5. The second kappa shape index (κ2) is 6.93. The summed E-state index contributed by atoms with van der Waals surface area (Å²) >= 11 is 0. The minimum Gasteiger partial charge on any atom is -0.345 e. The van der Waals surface area contributed by atoms with Gasteiger partial charge >= 0.3 is 12.1 Å². The van der Waals surface area contributed by atoms with Crippen LogP contribution in [0.4, 0.5) is 13.2 Å². The van der Waals surface area contributed by atoms with Gasteiger partial charge in [0.25, 0.3) is 0 Å². The monoisotopic (exact) mass is 332 g/mol. The van der Waals surface area contributed by atoms with Crippen LogP contribution in [0.3, 0.4) is 0 Å². The van der Waals surface area contributed by atoms with Gasteiger partial charge in [-0.1, -0.05) is 0 Å². The molecule has 0 atom stereocenters. The molecule has 1 rings (SSSR count). The summed E-state index contributed by atoms with van der Waals surface area (Å²) in [7, 11) is -4.08. The molecule has 1 aliphatic rings. The summed E-state index contributed by atoms with van der Waals surface area (Å²) in [5.74, 6) is -2.76. The zero-order chi connectivity index (χ0) is 16.3. The van der Waals surface area contributed by atoms with Gasteiger partial charge in [-0.3, -0.25) is 0 Å². The van der Waals surface area contributed by atoms with Gasteiger partial charge in [0, 0.05) is 0 Å². The van der Waals surface area contributed by atoms with Crippen LogP contribution in [-0.2, 0) is 19.7 Å². The summed E-state index contributed by atoms with van der Waals surface area (Å²) in [5.41, 5.74) is 5.51. The number of hydrogen-bond acceptors (Lipinski definition) is 5. The summed E-state index contributed by atoms with van der Waals surface area (Å²) in [5, 5.41) is 0. The molecule has 1 aliphatic carbocycles. The normalized spacial score (nSPS) is 24.1. The third-order valence-corrected chi connectivity index (χ3v) is 5.14. The molecule has 0 unspecified atom stereocenters. The Bertz CT molecular complexity index is 459. The van der Waals surface area contributed by atoms with Crippen LogP contribution in [0.25, 0.3) is 0 Å². The van der Waals surface area contributed by atoms with E-state index < -0.39 is 34.0 Å². The first-order valence-electron chi connectivity index (χ1n) is 6.63. The molecule has 0 radical (unpaired) electrons. The minimum atomic E-state index is -5.24. The number of halogens is 3. The molecule has 0 saturated heterocycles. The highest BCUT2D eigenvalue weighted by atomic mass is 32.2. The van der Waals surface area contributed by atoms with Crippen molar-refractivity contribution in [1.82, 2.24) is 4.47 Å². The standard InChI is InChI=1S/C11H19F3N2O4S/c1-2-21(18,19)16(20-10(17)11(12,13)14)9-5-3-8(7-15)4-6-9/h8-9H,2-7,15H2,1H3. The van der Waals surface area contributed by atoms with Gasteiger partial charge in [-0.25, -0.2) is 13.2 Å². The summed E-state index contributed by atoms with van der Waals surface area (Å²) in [4.78, 5) is 15.1. The lowest BCUT2D eigenvalue weighted by molar-refractivity contribution is -0.228. The van der Waals surface area contributed by atoms with Gasteiger partial charge in [0.2, 0.25) is 10.0 Å². The van der Waals surface area contributed by atoms with Gasteiger partial charge in [0.15, 0.2) is 0 Å². The van der Waals surface area contributed by atoms with Crippen molar-refractivity contribution in [3.8, 4) is 0 Å². The largest absolute Gasteiger partial charge is 0.492 e. The summed E-state index contributed by atoms with van der Waals surface area (Å²) in [6.45, 7) is 1.71. The first-order chi connectivity index (χ1) is 9.61. The second-order valence-corrected chi connectivity index (χ2v) is 7.04. The molecule has 0 bridgehead atoms. The van der Waals surface area contributed by atoms with Crippen molar-refractivity contribution in [1.29, 1.82) is 0 Å². The van der Waals surface area contributed by atoms with Crippen molar-refractivity contribution in [3.63, 3.8) is 0 Å². The average molecular weight is 332 g/mol. The number of alkyl halides is 3. The Morgan fingerprint density at radius 1 is 1.29 bits per heavy atom. The van der Waals surface area contributed by atoms with Gasteiger partial charge in [-0.05, 0) is 49.5 Å². The van der Waals surface area contributed by atoms with Crippen molar-refractivity contribution < 1.29 is 31.2 Å². The van der Waals surface area contributed by atoms with E-state index in [1.165, 1.54) is 6.92 Å². The van der Waals surface area contributed by atoms with E-state index in [1.807, 2.05) is 0 Å². The van der Waals surface area contributed by atoms with Crippen molar-refractivity contribution in [2.75, 3.05) is 12.3 Å². The third kappa shape index (κ3) is 4.82. The highest BCUT2D eigenvalue weighted by molar-refractivity contribution is 7.88. The van der Waals surface area contributed by atoms with E-state index in [9.17, 15) is 26.4 Å². The molecular weight excluding hydrogens is 313 g/mol. The third-order valence-electron chi connectivity index (χ3n) is 3.49. The molecule has 0 aromatic heterocycles. The fraction of sp³-hybridized carbons (Fsp3) is 0.909. The minimum absolute atomic E-state index is 0.214. The lowest BCUT2D eigenvalue weighted by atomic mass is 9.86. The molecule has 0 aromatic rings. The lowest BCUT2D eigenvalue weighted by Crippen LogP contribution is -2.46. The summed E-state index contributed by atoms with van der Waals surface area (Å²) in [6, 6.07) is -0.774. The number of nitrogens with zero attached hydrogens (tertiary/aromatic N) is 1. The first-order valence-corrected chi connectivity index (χ1v) is 8.24. The van der Waals surface area contributed by atoms with Gasteiger partial charge in [0.05, 0.1) is 11.8 Å². The molecule has 0 spiro atoms. The molecule has 1 fully saturated rings. The van der Waals surface area contributed by atoms with Gasteiger partial charge in [-0.2, -0.15) is 13.2 Å². The predicted octanol–water partition coefficient (Wildman–Crippen LogP) is 1.18. The highest BCUT2D eigenvalue weighted by Gasteiger charge is 2.46. The van der Waals surface area contributed by atoms with E-state index >= 15 is 0 Å². The maximum Gasteiger partial charge on any atom is 0.492 e. The summed E-state index contributed by atoms with van der Waals surface area (Å²) in [6.07, 6.45) is -3.45. The quantitative estimate of drug-likeness (QED) is 0.764. The van der Waals surface area contributed by atoms with Gasteiger partial charge in [0.1, 0.15) is 0 Å². The Hall–Kier alpha value is -0.870. The van der Waals surface area contributed by atoms with E-state index in [1.54, 1.807) is 0 Å². The maximum absolute atomic E-state index is 12.3. The molecule has 2 N–H and O–H groups in total. The highest BCUT2D eigenvalue weighted by Crippen LogP contribution is 2.30. The molecule has 10 heteroatoms. The summed E-state index contributed by atoms with van der Waals surface area (Å²) < 4.78 is 60.8. The molecule has 1 saturated carbocycles. The maximum atomic E-state index is 12.3. The smallest absolute Gasteiger partial charge is 0.345 e. The lowest BCUT2D eigenvalue weighted by Gasteiger charge is -2.33. The molecule has 0 aliphatic heterocycles. The van der Waals surface area contributed by atoms with Gasteiger partial charge < -0.3 is 10.6 Å². The van der Waals surface area contributed by atoms with E-state index in [-0.39, 0.29) is 10.4 Å². The van der Waals surface area contributed by atoms with Crippen molar-refractivity contribution in [2.24, 2.45) is 11.7 Å². The number of carbonyl (C=O) groups is 1. The van der Waals surface area contributed by atoms with Crippen LogP contribution >= 0.6 is 0 Å². The van der Waals surface area contributed by atoms with E-state index in [2.05, 4.69) is 4.84 Å². The van der Waals surface area contributed by atoms with Gasteiger partial charge in [-0.15, -0.1) is 0 Å². The first kappa shape index (κ1) is 18.2. The van der Waals surface area contributed by atoms with Crippen LogP contribution in [0, 0.1) is 5.92 Å². The zero-order valence-corrected chi connectivity index (χ0v) is 12.4. The number of hydroxylamine groups is 1. The molecule has 124 valence electrons. The molecule has 0 heterocycles. The molecule has 6 nitrogen and oxygen atoms in total. The Morgan fingerprint density at radius 2 is 1.81 bits per heavy atom. The number of sulfonamides is 1. The predicted molar refractivity (Wildman–Crippen MR) is 68.2 cm³/mol. The number of carbonyl (C=O) groups excluding carboxylic acids is 1. The fourth-order valence-corrected chi connectivity index (χ4v) is 3.31. The number of nitrogens with two attached hydrogens (primary N) is 1. The zero-order valence-electron chi connectivity index (χ0n) is 11.6. The molecule has 0 amide bonds. The van der Waals surface area contributed by atoms with Crippen LogP contribution in [0.2, 0.25) is 0 Å². The Morgan fingerprint density at radius 3 is 2.19 bits per heavy atom. The van der Waals surface area contributed by atoms with Crippen LogP contribution < -0.4 is 5.73 Å². The van der Waals surface area contributed by atoms with E-state index in [0.717, 1.165) is 0 Å². The molecular formula is C11H19F3N2O4S. The van der Waals surface area contributed by atoms with Crippen LogP contribution in [0.5, 0.6) is 0 Å². The van der Waals surface area contributed by atoms with Crippen LogP contribution in [-0.4, -0.2) is 43.4 Å². The van der Waals surface area contributed by atoms with Crippen molar-refractivity contribution in [2.45, 2.75) is 44.8 Å². The van der Waals surface area contributed by atoms with Crippen molar-refractivity contribution in [3.05, 3.63) is 0 Å². The van der Waals surface area contributed by atoms with Crippen molar-refractivity contribution >= 4 is 16.0 Å². The Labute approximate surface area is 121 Å².